The predicted octanol–water partition coefficient (Wildman–Crippen LogP) is -0.289. The van der Waals surface area contributed by atoms with Crippen molar-refractivity contribution < 1.29 is 13.5 Å². The van der Waals surface area contributed by atoms with E-state index >= 15 is 0 Å². The number of nitrogens with zero attached hydrogens (tertiary/aromatic N) is 3. The fourth-order valence-corrected chi connectivity index (χ4v) is 3.88. The van der Waals surface area contributed by atoms with Crippen LogP contribution in [0, 0.1) is 12.8 Å². The van der Waals surface area contributed by atoms with Gasteiger partial charge < -0.3 is 10.0 Å². The summed E-state index contributed by atoms with van der Waals surface area (Å²) >= 11 is 0. The van der Waals surface area contributed by atoms with Crippen LogP contribution in [0.4, 0.5) is 0 Å². The molecule has 8 heteroatoms. The molecule has 1 atom stereocenters. The number of hydrogen-bond donors (Lipinski definition) is 2. The Morgan fingerprint density at radius 2 is 2.29 bits per heavy atom. The molecule has 1 aliphatic heterocycles. The van der Waals surface area contributed by atoms with Crippen molar-refractivity contribution in [2.24, 2.45) is 13.0 Å². The Balaban J connectivity index is 1.86. The van der Waals surface area contributed by atoms with E-state index in [1.165, 1.54) is 6.20 Å². The Labute approximate surface area is 126 Å². The number of likely N-dealkylation sites (tertiary alicyclic amines) is 1. The fraction of sp³-hybridized carbons (Fsp3) is 0.769. The largest absolute Gasteiger partial charge is 0.396 e. The molecule has 21 heavy (non-hydrogen) atoms. The lowest BCUT2D eigenvalue weighted by atomic mass is 9.99. The molecule has 2 heterocycles. The van der Waals surface area contributed by atoms with Crippen molar-refractivity contribution in [3.63, 3.8) is 0 Å². The Morgan fingerprint density at radius 1 is 1.52 bits per heavy atom. The summed E-state index contributed by atoms with van der Waals surface area (Å²) in [6.45, 7) is 4.77. The highest BCUT2D eigenvalue weighted by molar-refractivity contribution is 7.89. The van der Waals surface area contributed by atoms with Gasteiger partial charge in [0.15, 0.2) is 0 Å². The number of piperidine rings is 1. The molecule has 2 rings (SSSR count). The van der Waals surface area contributed by atoms with E-state index < -0.39 is 10.0 Å². The van der Waals surface area contributed by atoms with Gasteiger partial charge in [-0.05, 0) is 32.2 Å². The third kappa shape index (κ3) is 4.03. The van der Waals surface area contributed by atoms with Gasteiger partial charge >= 0.3 is 0 Å². The summed E-state index contributed by atoms with van der Waals surface area (Å²) in [5.41, 5.74) is 0.626. The summed E-state index contributed by atoms with van der Waals surface area (Å²) in [4.78, 5) is 2.43. The summed E-state index contributed by atoms with van der Waals surface area (Å²) in [5.74, 6) is 0.316. The van der Waals surface area contributed by atoms with Gasteiger partial charge in [-0.2, -0.15) is 5.10 Å². The molecule has 0 unspecified atom stereocenters. The number of hydrogen-bond acceptors (Lipinski definition) is 5. The van der Waals surface area contributed by atoms with Crippen molar-refractivity contribution in [2.75, 3.05) is 32.8 Å². The summed E-state index contributed by atoms with van der Waals surface area (Å²) in [5, 5.41) is 13.2. The normalized spacial score (nSPS) is 20.8. The van der Waals surface area contributed by atoms with Crippen molar-refractivity contribution in [1.82, 2.24) is 19.4 Å². The number of aliphatic hydroxyl groups is 1. The Bertz CT molecular complexity index is 570. The molecular formula is C13H24N4O3S. The van der Waals surface area contributed by atoms with E-state index in [-0.39, 0.29) is 11.5 Å². The summed E-state index contributed by atoms with van der Waals surface area (Å²) in [6.07, 6.45) is 3.48. The minimum atomic E-state index is -3.50. The Morgan fingerprint density at radius 3 is 2.90 bits per heavy atom. The summed E-state index contributed by atoms with van der Waals surface area (Å²) < 4.78 is 28.6. The molecule has 0 bridgehead atoms. The number of rotatable bonds is 6. The van der Waals surface area contributed by atoms with E-state index in [0.29, 0.717) is 24.7 Å². The van der Waals surface area contributed by atoms with Crippen molar-refractivity contribution >= 4 is 10.0 Å². The maximum Gasteiger partial charge on any atom is 0.244 e. The first kappa shape index (κ1) is 16.4. The maximum atomic E-state index is 12.2. The van der Waals surface area contributed by atoms with Crippen molar-refractivity contribution in [3.8, 4) is 0 Å². The molecule has 0 spiro atoms. The second-order valence-electron chi connectivity index (χ2n) is 5.61. The van der Waals surface area contributed by atoms with Crippen LogP contribution in [-0.4, -0.2) is 61.0 Å². The molecule has 1 aromatic rings. The minimum Gasteiger partial charge on any atom is -0.396 e. The van der Waals surface area contributed by atoms with Crippen LogP contribution in [0.1, 0.15) is 18.5 Å². The molecule has 120 valence electrons. The highest BCUT2D eigenvalue weighted by Gasteiger charge is 2.22. The zero-order valence-corrected chi connectivity index (χ0v) is 13.4. The van der Waals surface area contributed by atoms with Gasteiger partial charge in [-0.15, -0.1) is 0 Å². The molecular weight excluding hydrogens is 292 g/mol. The third-order valence-corrected chi connectivity index (χ3v) is 5.63. The molecule has 7 nitrogen and oxygen atoms in total. The van der Waals surface area contributed by atoms with Crippen molar-refractivity contribution in [2.45, 2.75) is 24.7 Å². The van der Waals surface area contributed by atoms with E-state index in [2.05, 4.69) is 14.7 Å². The molecule has 1 saturated heterocycles. The number of aliphatic hydroxyl groups excluding tert-OH is 1. The third-order valence-electron chi connectivity index (χ3n) is 4.06. The van der Waals surface area contributed by atoms with E-state index in [1.807, 2.05) is 0 Å². The summed E-state index contributed by atoms with van der Waals surface area (Å²) in [7, 11) is -1.78. The Hall–Kier alpha value is -0.960. The predicted molar refractivity (Wildman–Crippen MR) is 79.4 cm³/mol. The standard InChI is InChI=1S/C13H24N4O3S/c1-11-13(8-14-16(11)2)21(19,20)15-5-7-17-6-3-4-12(9-17)10-18/h8,12,15,18H,3-7,9-10H2,1-2H3/t12-/m1/s1. The van der Waals surface area contributed by atoms with Gasteiger partial charge in [0.25, 0.3) is 0 Å². The highest BCUT2D eigenvalue weighted by atomic mass is 32.2. The zero-order chi connectivity index (χ0) is 15.5. The molecule has 0 amide bonds. The molecule has 2 N–H and O–H groups in total. The van der Waals surface area contributed by atoms with Crippen molar-refractivity contribution in [3.05, 3.63) is 11.9 Å². The maximum absolute atomic E-state index is 12.2. The molecule has 1 fully saturated rings. The first-order chi connectivity index (χ1) is 9.94. The second-order valence-corrected chi connectivity index (χ2v) is 7.34. The van der Waals surface area contributed by atoms with E-state index in [0.717, 1.165) is 25.9 Å². The SMILES string of the molecule is Cc1c(S(=O)(=O)NCCN2CCC[C@@H](CO)C2)cnn1C. The van der Waals surface area contributed by atoms with Gasteiger partial charge in [0.1, 0.15) is 4.90 Å². The molecule has 0 radical (unpaired) electrons. The lowest BCUT2D eigenvalue weighted by molar-refractivity contribution is 0.122. The minimum absolute atomic E-state index is 0.205. The van der Waals surface area contributed by atoms with Gasteiger partial charge in [-0.1, -0.05) is 0 Å². The van der Waals surface area contributed by atoms with Gasteiger partial charge in [0.2, 0.25) is 10.0 Å². The monoisotopic (exact) mass is 316 g/mol. The van der Waals surface area contributed by atoms with Crippen LogP contribution in [0.15, 0.2) is 11.1 Å². The van der Waals surface area contributed by atoms with Crippen LogP contribution in [0.5, 0.6) is 0 Å². The highest BCUT2D eigenvalue weighted by Crippen LogP contribution is 2.15. The molecule has 0 aliphatic carbocycles. The average molecular weight is 316 g/mol. The first-order valence-electron chi connectivity index (χ1n) is 7.25. The number of aromatic nitrogens is 2. The molecule has 1 aliphatic rings. The van der Waals surface area contributed by atoms with Gasteiger partial charge in [0.05, 0.1) is 11.9 Å². The van der Waals surface area contributed by atoms with Crippen LogP contribution >= 0.6 is 0 Å². The van der Waals surface area contributed by atoms with Gasteiger partial charge in [-0.25, -0.2) is 13.1 Å². The van der Waals surface area contributed by atoms with Crippen LogP contribution < -0.4 is 4.72 Å². The molecule has 0 aromatic carbocycles. The fourth-order valence-electron chi connectivity index (χ4n) is 2.66. The molecule has 1 aromatic heterocycles. The lowest BCUT2D eigenvalue weighted by Gasteiger charge is -2.31. The van der Waals surface area contributed by atoms with Gasteiger partial charge in [-0.3, -0.25) is 4.68 Å². The van der Waals surface area contributed by atoms with Crippen LogP contribution in [0.3, 0.4) is 0 Å². The van der Waals surface area contributed by atoms with Crippen LogP contribution in [0.25, 0.3) is 0 Å². The number of sulfonamides is 1. The number of nitrogens with one attached hydrogen (secondary N) is 1. The Kier molecular flexibility index (Phi) is 5.37. The summed E-state index contributed by atoms with van der Waals surface area (Å²) in [6, 6.07) is 0. The zero-order valence-electron chi connectivity index (χ0n) is 12.6. The first-order valence-corrected chi connectivity index (χ1v) is 8.74. The smallest absolute Gasteiger partial charge is 0.244 e. The molecule has 0 saturated carbocycles. The number of aryl methyl sites for hydroxylation is 1. The van der Waals surface area contributed by atoms with Crippen LogP contribution in [0.2, 0.25) is 0 Å². The average Bonchev–Trinajstić information content (AvgIpc) is 2.80. The van der Waals surface area contributed by atoms with Gasteiger partial charge in [0, 0.05) is 33.3 Å². The van der Waals surface area contributed by atoms with Crippen LogP contribution in [-0.2, 0) is 17.1 Å². The van der Waals surface area contributed by atoms with Crippen molar-refractivity contribution in [1.29, 1.82) is 0 Å². The topological polar surface area (TPSA) is 87.5 Å². The van der Waals surface area contributed by atoms with E-state index in [4.69, 9.17) is 0 Å². The second kappa shape index (κ2) is 6.87. The lowest BCUT2D eigenvalue weighted by Crippen LogP contribution is -2.41. The van der Waals surface area contributed by atoms with E-state index in [9.17, 15) is 13.5 Å². The quantitative estimate of drug-likeness (QED) is 0.753. The van der Waals surface area contributed by atoms with E-state index in [1.54, 1.807) is 18.7 Å².